The lowest BCUT2D eigenvalue weighted by atomic mass is 10.1. The number of hydrogen-bond acceptors (Lipinski definition) is 6. The summed E-state index contributed by atoms with van der Waals surface area (Å²) in [6.45, 7) is 4.30. The third-order valence-corrected chi connectivity index (χ3v) is 7.34. The molecule has 0 spiro atoms. The fourth-order valence-corrected chi connectivity index (χ4v) is 5.44. The zero-order chi connectivity index (χ0) is 21.8. The molecule has 2 N–H and O–H groups in total. The van der Waals surface area contributed by atoms with Crippen LogP contribution in [-0.2, 0) is 12.6 Å². The standard InChI is InChI=1S/C22H25F3N4S2/c23-22(24,25)16-4-3-5-17(14-16)29-12-10-28(11-13-29)9-2-1-6-18-7-8-20(31-18)19-15-30-21(26)27-19/h3-5,7-8,14-15H,1-2,6,9-13H2,(H2,26,27). The minimum Gasteiger partial charge on any atom is -0.375 e. The molecular weight excluding hydrogens is 441 g/mol. The molecule has 0 saturated carbocycles. The van der Waals surface area contributed by atoms with Crippen molar-refractivity contribution in [3.05, 3.63) is 52.2 Å². The van der Waals surface area contributed by atoms with Crippen molar-refractivity contribution in [3.63, 3.8) is 0 Å². The van der Waals surface area contributed by atoms with E-state index in [1.807, 2.05) is 10.3 Å². The zero-order valence-electron chi connectivity index (χ0n) is 17.1. The first kappa shape index (κ1) is 22.1. The lowest BCUT2D eigenvalue weighted by Crippen LogP contribution is -2.46. The summed E-state index contributed by atoms with van der Waals surface area (Å²) < 4.78 is 38.8. The van der Waals surface area contributed by atoms with Crippen LogP contribution in [-0.4, -0.2) is 42.6 Å². The molecule has 0 radical (unpaired) electrons. The first-order valence-electron chi connectivity index (χ1n) is 10.3. The van der Waals surface area contributed by atoms with Gasteiger partial charge in [-0.05, 0) is 56.1 Å². The van der Waals surface area contributed by atoms with Crippen molar-refractivity contribution in [2.75, 3.05) is 43.4 Å². The number of halogens is 3. The maximum atomic E-state index is 12.9. The number of hydrogen-bond donors (Lipinski definition) is 1. The summed E-state index contributed by atoms with van der Waals surface area (Å²) in [7, 11) is 0. The van der Waals surface area contributed by atoms with Gasteiger partial charge in [0.1, 0.15) is 0 Å². The van der Waals surface area contributed by atoms with Crippen LogP contribution in [0.4, 0.5) is 24.0 Å². The number of piperazine rings is 1. The second kappa shape index (κ2) is 9.58. The van der Waals surface area contributed by atoms with Crippen LogP contribution >= 0.6 is 22.7 Å². The molecule has 0 aliphatic carbocycles. The summed E-state index contributed by atoms with van der Waals surface area (Å²) in [6.07, 6.45) is -1.02. The van der Waals surface area contributed by atoms with Gasteiger partial charge in [0.2, 0.25) is 0 Å². The van der Waals surface area contributed by atoms with Gasteiger partial charge >= 0.3 is 6.18 Å². The molecule has 1 aliphatic heterocycles. The Hall–Kier alpha value is -2.10. The van der Waals surface area contributed by atoms with Crippen LogP contribution < -0.4 is 10.6 Å². The van der Waals surface area contributed by atoms with Crippen molar-refractivity contribution < 1.29 is 13.2 Å². The van der Waals surface area contributed by atoms with E-state index in [4.69, 9.17) is 5.73 Å². The van der Waals surface area contributed by atoms with E-state index in [1.165, 1.54) is 28.3 Å². The van der Waals surface area contributed by atoms with Gasteiger partial charge in [-0.25, -0.2) is 4.98 Å². The molecule has 3 heterocycles. The summed E-state index contributed by atoms with van der Waals surface area (Å²) in [5.41, 5.74) is 6.75. The number of nitrogens with two attached hydrogens (primary N) is 1. The van der Waals surface area contributed by atoms with E-state index in [9.17, 15) is 13.2 Å². The number of aromatic nitrogens is 1. The summed E-state index contributed by atoms with van der Waals surface area (Å²) in [4.78, 5) is 11.3. The maximum absolute atomic E-state index is 12.9. The lowest BCUT2D eigenvalue weighted by molar-refractivity contribution is -0.137. The van der Waals surface area contributed by atoms with Crippen molar-refractivity contribution in [3.8, 4) is 10.6 Å². The monoisotopic (exact) mass is 466 g/mol. The van der Waals surface area contributed by atoms with E-state index >= 15 is 0 Å². The minimum absolute atomic E-state index is 0.581. The van der Waals surface area contributed by atoms with Gasteiger partial charge in [-0.15, -0.1) is 22.7 Å². The van der Waals surface area contributed by atoms with E-state index in [2.05, 4.69) is 22.0 Å². The number of rotatable bonds is 7. The second-order valence-corrected chi connectivity index (χ2v) is 9.73. The van der Waals surface area contributed by atoms with Crippen molar-refractivity contribution in [1.29, 1.82) is 0 Å². The number of alkyl halides is 3. The van der Waals surface area contributed by atoms with Gasteiger partial charge < -0.3 is 10.6 Å². The van der Waals surface area contributed by atoms with Gasteiger partial charge in [0, 0.05) is 42.1 Å². The van der Waals surface area contributed by atoms with Crippen molar-refractivity contribution >= 4 is 33.5 Å². The van der Waals surface area contributed by atoms with E-state index in [1.54, 1.807) is 17.4 Å². The van der Waals surface area contributed by atoms with E-state index < -0.39 is 11.7 Å². The minimum atomic E-state index is -4.30. The quantitative estimate of drug-likeness (QED) is 0.459. The normalized spacial score (nSPS) is 15.5. The molecule has 3 aromatic rings. The number of aryl methyl sites for hydroxylation is 1. The highest BCUT2D eigenvalue weighted by atomic mass is 32.1. The molecule has 166 valence electrons. The number of benzene rings is 1. The van der Waals surface area contributed by atoms with Crippen molar-refractivity contribution in [1.82, 2.24) is 9.88 Å². The molecule has 31 heavy (non-hydrogen) atoms. The van der Waals surface area contributed by atoms with E-state index in [-0.39, 0.29) is 0 Å². The van der Waals surface area contributed by atoms with Crippen molar-refractivity contribution in [2.24, 2.45) is 0 Å². The molecular formula is C22H25F3N4S2. The molecule has 1 aliphatic rings. The number of anilines is 2. The van der Waals surface area contributed by atoms with Gasteiger partial charge in [-0.2, -0.15) is 13.2 Å². The Morgan fingerprint density at radius 3 is 2.55 bits per heavy atom. The third-order valence-electron chi connectivity index (χ3n) is 5.49. The Bertz CT molecular complexity index is 991. The largest absolute Gasteiger partial charge is 0.416 e. The summed E-state index contributed by atoms with van der Waals surface area (Å²) in [5, 5.41) is 2.59. The van der Waals surface area contributed by atoms with Gasteiger partial charge in [0.15, 0.2) is 5.13 Å². The van der Waals surface area contributed by atoms with Crippen LogP contribution in [0.3, 0.4) is 0 Å². The zero-order valence-corrected chi connectivity index (χ0v) is 18.7. The van der Waals surface area contributed by atoms with Gasteiger partial charge in [0.25, 0.3) is 0 Å². The van der Waals surface area contributed by atoms with Crippen LogP contribution in [0, 0.1) is 0 Å². The highest BCUT2D eigenvalue weighted by molar-refractivity contribution is 7.16. The highest BCUT2D eigenvalue weighted by Gasteiger charge is 2.31. The number of nitrogens with zero attached hydrogens (tertiary/aromatic N) is 3. The maximum Gasteiger partial charge on any atom is 0.416 e. The Labute approximate surface area is 188 Å². The fourth-order valence-electron chi connectivity index (χ4n) is 3.79. The van der Waals surface area contributed by atoms with Gasteiger partial charge in [-0.1, -0.05) is 6.07 Å². The first-order valence-corrected chi connectivity index (χ1v) is 12.0. The average Bonchev–Trinajstić information content (AvgIpc) is 3.40. The second-order valence-electron chi connectivity index (χ2n) is 7.67. The molecule has 0 amide bonds. The van der Waals surface area contributed by atoms with Gasteiger partial charge in [0.05, 0.1) is 16.1 Å². The molecule has 0 unspecified atom stereocenters. The first-order chi connectivity index (χ1) is 14.9. The van der Waals surface area contributed by atoms with Crippen LogP contribution in [0.25, 0.3) is 10.6 Å². The Morgan fingerprint density at radius 2 is 1.84 bits per heavy atom. The Morgan fingerprint density at radius 1 is 1.03 bits per heavy atom. The molecule has 0 atom stereocenters. The number of unbranched alkanes of at least 4 members (excludes halogenated alkanes) is 1. The molecule has 4 rings (SSSR count). The van der Waals surface area contributed by atoms with Crippen LogP contribution in [0.1, 0.15) is 23.3 Å². The Kier molecular flexibility index (Phi) is 6.83. The predicted molar refractivity (Wildman–Crippen MR) is 123 cm³/mol. The summed E-state index contributed by atoms with van der Waals surface area (Å²) >= 11 is 3.23. The van der Waals surface area contributed by atoms with E-state index in [0.717, 1.165) is 68.6 Å². The molecule has 1 aromatic carbocycles. The highest BCUT2D eigenvalue weighted by Crippen LogP contribution is 2.32. The number of thiazole rings is 1. The fraction of sp³-hybridized carbons (Fsp3) is 0.409. The number of thiophene rings is 1. The SMILES string of the molecule is Nc1nc(-c2ccc(CCCCN3CCN(c4cccc(C(F)(F)F)c4)CC3)s2)cs1. The van der Waals surface area contributed by atoms with Crippen LogP contribution in [0.2, 0.25) is 0 Å². The third kappa shape index (κ3) is 5.78. The average molecular weight is 467 g/mol. The van der Waals surface area contributed by atoms with Crippen LogP contribution in [0.5, 0.6) is 0 Å². The molecule has 4 nitrogen and oxygen atoms in total. The summed E-state index contributed by atoms with van der Waals surface area (Å²) in [6, 6.07) is 9.92. The smallest absolute Gasteiger partial charge is 0.375 e. The number of nitrogen functional groups attached to an aromatic ring is 1. The summed E-state index contributed by atoms with van der Waals surface area (Å²) in [5.74, 6) is 0. The van der Waals surface area contributed by atoms with Crippen molar-refractivity contribution in [2.45, 2.75) is 25.4 Å². The molecule has 0 bridgehead atoms. The Balaban J connectivity index is 1.19. The topological polar surface area (TPSA) is 45.4 Å². The predicted octanol–water partition coefficient (Wildman–Crippen LogP) is 5.62. The molecule has 1 saturated heterocycles. The molecule has 1 fully saturated rings. The van der Waals surface area contributed by atoms with Gasteiger partial charge in [-0.3, -0.25) is 4.90 Å². The molecule has 9 heteroatoms. The lowest BCUT2D eigenvalue weighted by Gasteiger charge is -2.36. The van der Waals surface area contributed by atoms with E-state index in [0.29, 0.717) is 10.8 Å². The molecule has 2 aromatic heterocycles. The van der Waals surface area contributed by atoms with Crippen LogP contribution in [0.15, 0.2) is 41.8 Å².